The standard InChI is InChI=1S/C14H22BrOSi/c1-14(2,3)13(16-17(4)5)10-11-7-6-8-12(15)9-11/h6-9,13H,10H2,1-5H3. The van der Waals surface area contributed by atoms with Crippen LogP contribution in [0.25, 0.3) is 0 Å². The minimum Gasteiger partial charge on any atom is -0.413 e. The first-order chi connectivity index (χ1) is 7.79. The molecule has 0 aliphatic carbocycles. The van der Waals surface area contributed by atoms with Crippen LogP contribution in [0.3, 0.4) is 0 Å². The highest BCUT2D eigenvalue weighted by molar-refractivity contribution is 9.10. The summed E-state index contributed by atoms with van der Waals surface area (Å²) >= 11 is 3.52. The smallest absolute Gasteiger partial charge is 0.205 e. The maximum Gasteiger partial charge on any atom is 0.205 e. The molecule has 0 fully saturated rings. The van der Waals surface area contributed by atoms with E-state index in [0.717, 1.165) is 10.9 Å². The van der Waals surface area contributed by atoms with Crippen LogP contribution in [0.2, 0.25) is 13.1 Å². The quantitative estimate of drug-likeness (QED) is 0.734. The van der Waals surface area contributed by atoms with Crippen molar-refractivity contribution in [1.82, 2.24) is 0 Å². The molecule has 1 rings (SSSR count). The van der Waals surface area contributed by atoms with Crippen LogP contribution < -0.4 is 0 Å². The van der Waals surface area contributed by atoms with Crippen LogP contribution in [0.1, 0.15) is 26.3 Å². The predicted octanol–water partition coefficient (Wildman–Crippen LogP) is 4.67. The van der Waals surface area contributed by atoms with E-state index in [1.165, 1.54) is 5.56 Å². The monoisotopic (exact) mass is 313 g/mol. The zero-order chi connectivity index (χ0) is 13.1. The Morgan fingerprint density at radius 2 is 1.94 bits per heavy atom. The highest BCUT2D eigenvalue weighted by Crippen LogP contribution is 2.27. The van der Waals surface area contributed by atoms with Gasteiger partial charge in [0, 0.05) is 4.47 Å². The highest BCUT2D eigenvalue weighted by atomic mass is 79.9. The van der Waals surface area contributed by atoms with Crippen LogP contribution in [0.15, 0.2) is 28.7 Å². The molecule has 1 aromatic carbocycles. The van der Waals surface area contributed by atoms with E-state index in [0.29, 0.717) is 6.10 Å². The first-order valence-electron chi connectivity index (χ1n) is 6.00. The van der Waals surface area contributed by atoms with Crippen LogP contribution in [0.4, 0.5) is 0 Å². The minimum atomic E-state index is -0.657. The largest absolute Gasteiger partial charge is 0.413 e. The normalized spacial score (nSPS) is 14.1. The van der Waals surface area contributed by atoms with E-state index in [1.54, 1.807) is 0 Å². The van der Waals surface area contributed by atoms with Gasteiger partial charge in [-0.3, -0.25) is 0 Å². The molecule has 0 bridgehead atoms. The fourth-order valence-corrected chi connectivity index (χ4v) is 3.14. The Balaban J connectivity index is 2.79. The zero-order valence-corrected chi connectivity index (χ0v) is 14.0. The Bertz CT molecular complexity index is 357. The average molecular weight is 314 g/mol. The highest BCUT2D eigenvalue weighted by Gasteiger charge is 2.26. The molecule has 0 spiro atoms. The lowest BCUT2D eigenvalue weighted by molar-refractivity contribution is 0.0867. The second-order valence-corrected chi connectivity index (χ2v) is 8.68. The summed E-state index contributed by atoms with van der Waals surface area (Å²) in [7, 11) is -0.657. The van der Waals surface area contributed by atoms with Crippen molar-refractivity contribution in [3.63, 3.8) is 0 Å². The van der Waals surface area contributed by atoms with Crippen molar-refractivity contribution in [3.8, 4) is 0 Å². The summed E-state index contributed by atoms with van der Waals surface area (Å²) in [5.74, 6) is 0. The fraction of sp³-hybridized carbons (Fsp3) is 0.571. The van der Waals surface area contributed by atoms with Crippen molar-refractivity contribution in [1.29, 1.82) is 0 Å². The summed E-state index contributed by atoms with van der Waals surface area (Å²) in [5, 5.41) is 0. The molecule has 0 saturated carbocycles. The van der Waals surface area contributed by atoms with Gasteiger partial charge in [0.15, 0.2) is 0 Å². The summed E-state index contributed by atoms with van der Waals surface area (Å²) in [4.78, 5) is 0. The molecule has 1 aromatic rings. The Kier molecular flexibility index (Phi) is 5.42. The second kappa shape index (κ2) is 6.16. The van der Waals surface area contributed by atoms with E-state index in [4.69, 9.17) is 4.43 Å². The van der Waals surface area contributed by atoms with Gasteiger partial charge in [-0.05, 0) is 42.6 Å². The number of benzene rings is 1. The van der Waals surface area contributed by atoms with Gasteiger partial charge < -0.3 is 4.43 Å². The maximum absolute atomic E-state index is 6.15. The SMILES string of the molecule is C[Si](C)OC(Cc1cccc(Br)c1)C(C)(C)C. The van der Waals surface area contributed by atoms with Crippen molar-refractivity contribution >= 4 is 25.0 Å². The third kappa shape index (κ3) is 5.36. The van der Waals surface area contributed by atoms with Gasteiger partial charge >= 0.3 is 0 Å². The van der Waals surface area contributed by atoms with E-state index in [9.17, 15) is 0 Å². The molecule has 1 atom stereocenters. The summed E-state index contributed by atoms with van der Waals surface area (Å²) in [6.45, 7) is 11.1. The van der Waals surface area contributed by atoms with Gasteiger partial charge in [-0.1, -0.05) is 48.8 Å². The van der Waals surface area contributed by atoms with Gasteiger partial charge in [-0.15, -0.1) is 0 Å². The second-order valence-electron chi connectivity index (χ2n) is 5.71. The molecule has 95 valence electrons. The van der Waals surface area contributed by atoms with Gasteiger partial charge in [0.1, 0.15) is 0 Å². The Hall–Kier alpha value is -0.123. The molecule has 0 N–H and O–H groups in total. The van der Waals surface area contributed by atoms with Crippen LogP contribution in [0.5, 0.6) is 0 Å². The first-order valence-corrected chi connectivity index (χ1v) is 9.20. The van der Waals surface area contributed by atoms with E-state index >= 15 is 0 Å². The van der Waals surface area contributed by atoms with Crippen LogP contribution >= 0.6 is 15.9 Å². The number of hydrogen-bond acceptors (Lipinski definition) is 1. The number of halogens is 1. The van der Waals surface area contributed by atoms with Crippen LogP contribution in [0, 0.1) is 5.41 Å². The maximum atomic E-state index is 6.15. The third-order valence-corrected chi connectivity index (χ3v) is 3.90. The van der Waals surface area contributed by atoms with Crippen LogP contribution in [-0.2, 0) is 10.8 Å². The van der Waals surface area contributed by atoms with Gasteiger partial charge in [-0.2, -0.15) is 0 Å². The lowest BCUT2D eigenvalue weighted by atomic mass is 9.85. The zero-order valence-electron chi connectivity index (χ0n) is 11.4. The van der Waals surface area contributed by atoms with E-state index in [1.807, 2.05) is 0 Å². The molecule has 17 heavy (non-hydrogen) atoms. The van der Waals surface area contributed by atoms with Crippen molar-refractivity contribution in [2.24, 2.45) is 5.41 Å². The number of rotatable bonds is 4. The molecule has 0 amide bonds. The summed E-state index contributed by atoms with van der Waals surface area (Å²) in [5.41, 5.74) is 1.52. The molecule has 3 heteroatoms. The molecule has 1 unspecified atom stereocenters. The lowest BCUT2D eigenvalue weighted by Gasteiger charge is -2.32. The van der Waals surface area contributed by atoms with Crippen molar-refractivity contribution < 1.29 is 4.43 Å². The third-order valence-electron chi connectivity index (χ3n) is 2.65. The van der Waals surface area contributed by atoms with Crippen LogP contribution in [-0.4, -0.2) is 15.1 Å². The molecule has 1 nitrogen and oxygen atoms in total. The topological polar surface area (TPSA) is 9.23 Å². The van der Waals surface area contributed by atoms with E-state index < -0.39 is 9.04 Å². The molecule has 0 aliphatic rings. The molecule has 0 heterocycles. The summed E-state index contributed by atoms with van der Waals surface area (Å²) < 4.78 is 7.29. The Labute approximate surface area is 115 Å². The Morgan fingerprint density at radius 1 is 1.29 bits per heavy atom. The van der Waals surface area contributed by atoms with E-state index in [2.05, 4.69) is 74.1 Å². The average Bonchev–Trinajstić information content (AvgIpc) is 2.14. The van der Waals surface area contributed by atoms with Gasteiger partial charge in [0.2, 0.25) is 9.04 Å². The van der Waals surface area contributed by atoms with Crippen molar-refractivity contribution in [3.05, 3.63) is 34.3 Å². The molecule has 1 radical (unpaired) electrons. The van der Waals surface area contributed by atoms with E-state index in [-0.39, 0.29) is 5.41 Å². The summed E-state index contributed by atoms with van der Waals surface area (Å²) in [6, 6.07) is 8.50. The lowest BCUT2D eigenvalue weighted by Crippen LogP contribution is -2.35. The minimum absolute atomic E-state index is 0.185. The molecule has 0 saturated heterocycles. The molecule has 0 aliphatic heterocycles. The number of hydrogen-bond donors (Lipinski definition) is 0. The van der Waals surface area contributed by atoms with Gasteiger partial charge in [0.05, 0.1) is 6.10 Å². The van der Waals surface area contributed by atoms with Crippen molar-refractivity contribution in [2.45, 2.75) is 46.4 Å². The van der Waals surface area contributed by atoms with Crippen molar-refractivity contribution in [2.75, 3.05) is 0 Å². The fourth-order valence-electron chi connectivity index (χ4n) is 1.69. The molecular weight excluding hydrogens is 292 g/mol. The summed E-state index contributed by atoms with van der Waals surface area (Å²) in [6.07, 6.45) is 1.28. The van der Waals surface area contributed by atoms with Gasteiger partial charge in [0.25, 0.3) is 0 Å². The van der Waals surface area contributed by atoms with Gasteiger partial charge in [-0.25, -0.2) is 0 Å². The molecular formula is C14H22BrOSi. The Morgan fingerprint density at radius 3 is 2.41 bits per heavy atom. The first kappa shape index (κ1) is 14.9. The predicted molar refractivity (Wildman–Crippen MR) is 79.7 cm³/mol. The molecule has 0 aromatic heterocycles.